The Kier molecular flexibility index (Phi) is 6.04. The van der Waals surface area contributed by atoms with Crippen molar-refractivity contribution in [3.63, 3.8) is 0 Å². The molecule has 1 aliphatic rings. The molecule has 0 spiro atoms. The molecule has 1 atom stereocenters. The normalized spacial score (nSPS) is 16.4. The molecule has 2 N–H and O–H groups in total. The summed E-state index contributed by atoms with van der Waals surface area (Å²) in [7, 11) is 0. The molecule has 134 valence electrons. The van der Waals surface area contributed by atoms with Gasteiger partial charge in [-0.25, -0.2) is 4.39 Å². The van der Waals surface area contributed by atoms with Crippen LogP contribution in [0.4, 0.5) is 10.1 Å². The van der Waals surface area contributed by atoms with Gasteiger partial charge in [-0.15, -0.1) is 0 Å². The predicted octanol–water partition coefficient (Wildman–Crippen LogP) is 4.24. The zero-order chi connectivity index (χ0) is 17.6. The number of nitrogens with one attached hydrogen (secondary N) is 2. The molecule has 4 nitrogen and oxygen atoms in total. The Balaban J connectivity index is 1.60. The van der Waals surface area contributed by atoms with Gasteiger partial charge in [-0.2, -0.15) is 0 Å². The second-order valence-electron chi connectivity index (χ2n) is 6.43. The Bertz CT molecular complexity index is 699. The smallest absolute Gasteiger partial charge is 0.170 e. The summed E-state index contributed by atoms with van der Waals surface area (Å²) < 4.78 is 19.3. The van der Waals surface area contributed by atoms with Crippen LogP contribution in [0, 0.1) is 12.7 Å². The van der Waals surface area contributed by atoms with Crippen LogP contribution in [0.1, 0.15) is 36.6 Å². The Morgan fingerprint density at radius 2 is 2.08 bits per heavy atom. The van der Waals surface area contributed by atoms with Crippen molar-refractivity contribution in [2.24, 2.45) is 0 Å². The van der Waals surface area contributed by atoms with E-state index in [-0.39, 0.29) is 11.9 Å². The summed E-state index contributed by atoms with van der Waals surface area (Å²) in [6.45, 7) is 4.52. The lowest BCUT2D eigenvalue weighted by Gasteiger charge is -2.33. The monoisotopic (exact) mass is 361 g/mol. The minimum Gasteiger partial charge on any atom is -0.468 e. The summed E-state index contributed by atoms with van der Waals surface area (Å²) in [5.41, 5.74) is 1.26. The molecule has 1 unspecified atom stereocenters. The zero-order valence-corrected chi connectivity index (χ0v) is 15.2. The Labute approximate surface area is 153 Å². The third-order valence-electron chi connectivity index (χ3n) is 4.59. The highest BCUT2D eigenvalue weighted by atomic mass is 32.1. The molecule has 1 aliphatic heterocycles. The van der Waals surface area contributed by atoms with Gasteiger partial charge in [0.1, 0.15) is 11.6 Å². The van der Waals surface area contributed by atoms with E-state index in [9.17, 15) is 4.39 Å². The maximum Gasteiger partial charge on any atom is 0.170 e. The van der Waals surface area contributed by atoms with Crippen LogP contribution in [0.2, 0.25) is 0 Å². The number of rotatable bonds is 5. The first kappa shape index (κ1) is 17.9. The largest absolute Gasteiger partial charge is 0.468 e. The van der Waals surface area contributed by atoms with Crippen molar-refractivity contribution in [2.75, 3.05) is 25.0 Å². The number of aryl methyl sites for hydroxylation is 1. The number of halogens is 1. The number of thiocarbonyl (C=S) groups is 1. The number of likely N-dealkylation sites (tertiary alicyclic amines) is 1. The van der Waals surface area contributed by atoms with Crippen molar-refractivity contribution in [1.82, 2.24) is 10.2 Å². The van der Waals surface area contributed by atoms with E-state index in [1.54, 1.807) is 19.3 Å². The number of piperidine rings is 1. The van der Waals surface area contributed by atoms with Gasteiger partial charge in [-0.05, 0) is 74.9 Å². The van der Waals surface area contributed by atoms with Crippen LogP contribution in [0.25, 0.3) is 0 Å². The van der Waals surface area contributed by atoms with E-state index in [2.05, 4.69) is 15.5 Å². The quantitative estimate of drug-likeness (QED) is 0.780. The molecule has 3 rings (SSSR count). The highest BCUT2D eigenvalue weighted by molar-refractivity contribution is 7.80. The van der Waals surface area contributed by atoms with E-state index in [4.69, 9.17) is 16.6 Å². The van der Waals surface area contributed by atoms with E-state index >= 15 is 0 Å². The average Bonchev–Trinajstić information content (AvgIpc) is 3.14. The maximum atomic E-state index is 13.6. The zero-order valence-electron chi connectivity index (χ0n) is 14.4. The number of hydrogen-bond acceptors (Lipinski definition) is 3. The summed E-state index contributed by atoms with van der Waals surface area (Å²) in [5, 5.41) is 6.78. The molecule has 0 bridgehead atoms. The van der Waals surface area contributed by atoms with Gasteiger partial charge >= 0.3 is 0 Å². The molecule has 1 aromatic carbocycles. The predicted molar refractivity (Wildman–Crippen MR) is 102 cm³/mol. The summed E-state index contributed by atoms with van der Waals surface area (Å²) in [6.07, 6.45) is 5.41. The van der Waals surface area contributed by atoms with Gasteiger partial charge in [-0.1, -0.05) is 12.5 Å². The summed E-state index contributed by atoms with van der Waals surface area (Å²) in [5.74, 6) is 0.702. The lowest BCUT2D eigenvalue weighted by Crippen LogP contribution is -2.41. The highest BCUT2D eigenvalue weighted by Crippen LogP contribution is 2.24. The summed E-state index contributed by atoms with van der Waals surface area (Å²) >= 11 is 5.37. The standard InChI is InChI=1S/C19H24FN3OS/c1-14-7-8-15(12-16(14)20)22-19(25)21-13-17(18-6-5-11-24-18)23-9-3-2-4-10-23/h5-8,11-12,17H,2-4,9-10,13H2,1H3,(H2,21,22,25). The fourth-order valence-electron chi connectivity index (χ4n) is 3.16. The Hall–Kier alpha value is -1.92. The molecule has 25 heavy (non-hydrogen) atoms. The number of anilines is 1. The van der Waals surface area contributed by atoms with Gasteiger partial charge in [0.15, 0.2) is 5.11 Å². The fraction of sp³-hybridized carbons (Fsp3) is 0.421. The molecule has 0 aliphatic carbocycles. The average molecular weight is 361 g/mol. The SMILES string of the molecule is Cc1ccc(NC(=S)NCC(c2ccco2)N2CCCCC2)cc1F. The minimum absolute atomic E-state index is 0.143. The van der Waals surface area contributed by atoms with Crippen LogP contribution < -0.4 is 10.6 Å². The second-order valence-corrected chi connectivity index (χ2v) is 6.84. The molecular formula is C19H24FN3OS. The molecule has 2 aromatic rings. The number of benzene rings is 1. The summed E-state index contributed by atoms with van der Waals surface area (Å²) in [4.78, 5) is 2.43. The molecule has 2 heterocycles. The molecule has 1 saturated heterocycles. The lowest BCUT2D eigenvalue weighted by molar-refractivity contribution is 0.146. The van der Waals surface area contributed by atoms with Crippen molar-refractivity contribution in [1.29, 1.82) is 0 Å². The van der Waals surface area contributed by atoms with Gasteiger partial charge in [0.05, 0.1) is 12.3 Å². The number of furan rings is 1. The molecule has 0 saturated carbocycles. The van der Waals surface area contributed by atoms with Crippen LogP contribution in [0.3, 0.4) is 0 Å². The maximum absolute atomic E-state index is 13.6. The molecule has 1 aromatic heterocycles. The first-order valence-corrected chi connectivity index (χ1v) is 9.13. The number of hydrogen-bond donors (Lipinski definition) is 2. The van der Waals surface area contributed by atoms with E-state index in [0.29, 0.717) is 22.9 Å². The Morgan fingerprint density at radius 1 is 1.28 bits per heavy atom. The van der Waals surface area contributed by atoms with Gasteiger partial charge in [0.2, 0.25) is 0 Å². The van der Waals surface area contributed by atoms with Gasteiger partial charge < -0.3 is 15.1 Å². The topological polar surface area (TPSA) is 40.4 Å². The highest BCUT2D eigenvalue weighted by Gasteiger charge is 2.24. The van der Waals surface area contributed by atoms with E-state index < -0.39 is 0 Å². The van der Waals surface area contributed by atoms with E-state index in [0.717, 1.165) is 18.8 Å². The third-order valence-corrected chi connectivity index (χ3v) is 4.84. The van der Waals surface area contributed by atoms with E-state index in [1.165, 1.54) is 25.3 Å². The molecular weight excluding hydrogens is 337 g/mol. The van der Waals surface area contributed by atoms with Crippen molar-refractivity contribution in [3.05, 3.63) is 53.7 Å². The van der Waals surface area contributed by atoms with Crippen LogP contribution in [0.15, 0.2) is 41.0 Å². The molecule has 0 radical (unpaired) electrons. The first-order chi connectivity index (χ1) is 12.1. The van der Waals surface area contributed by atoms with Crippen molar-refractivity contribution in [3.8, 4) is 0 Å². The molecule has 6 heteroatoms. The van der Waals surface area contributed by atoms with Crippen LogP contribution in [0.5, 0.6) is 0 Å². The second kappa shape index (κ2) is 8.45. The van der Waals surface area contributed by atoms with Crippen LogP contribution >= 0.6 is 12.2 Å². The third kappa shape index (κ3) is 4.80. The van der Waals surface area contributed by atoms with Crippen LogP contribution in [-0.2, 0) is 0 Å². The molecule has 1 fully saturated rings. The van der Waals surface area contributed by atoms with Gasteiger partial charge in [-0.3, -0.25) is 4.90 Å². The fourth-order valence-corrected chi connectivity index (χ4v) is 3.36. The first-order valence-electron chi connectivity index (χ1n) is 8.72. The van der Waals surface area contributed by atoms with Gasteiger partial charge in [0, 0.05) is 12.2 Å². The minimum atomic E-state index is -0.241. The lowest BCUT2D eigenvalue weighted by atomic mass is 10.1. The Morgan fingerprint density at radius 3 is 2.76 bits per heavy atom. The van der Waals surface area contributed by atoms with Gasteiger partial charge in [0.25, 0.3) is 0 Å². The van der Waals surface area contributed by atoms with E-state index in [1.807, 2.05) is 18.2 Å². The summed E-state index contributed by atoms with van der Waals surface area (Å²) in [6, 6.07) is 9.08. The molecule has 0 amide bonds. The number of nitrogens with zero attached hydrogens (tertiary/aromatic N) is 1. The van der Waals surface area contributed by atoms with Crippen molar-refractivity contribution in [2.45, 2.75) is 32.2 Å². The van der Waals surface area contributed by atoms with Crippen molar-refractivity contribution < 1.29 is 8.81 Å². The van der Waals surface area contributed by atoms with Crippen molar-refractivity contribution >= 4 is 23.0 Å². The van der Waals surface area contributed by atoms with Crippen LogP contribution in [-0.4, -0.2) is 29.6 Å².